The van der Waals surface area contributed by atoms with Crippen molar-refractivity contribution in [1.82, 2.24) is 10.1 Å². The van der Waals surface area contributed by atoms with Crippen LogP contribution in [0, 0.1) is 22.9 Å². The molecule has 2 heterocycles. The summed E-state index contributed by atoms with van der Waals surface area (Å²) in [5, 5.41) is 14.7. The molecule has 1 aliphatic heterocycles. The first-order chi connectivity index (χ1) is 13.0. The monoisotopic (exact) mass is 368 g/mol. The summed E-state index contributed by atoms with van der Waals surface area (Å²) < 4.78 is 19.8. The topological polar surface area (TPSA) is 85.3 Å². The lowest BCUT2D eigenvalue weighted by Gasteiger charge is -2.30. The number of halogens is 1. The van der Waals surface area contributed by atoms with E-state index in [0.717, 1.165) is 24.0 Å². The molecule has 0 saturated carbocycles. The molecule has 138 valence electrons. The van der Waals surface area contributed by atoms with E-state index in [0.29, 0.717) is 36.1 Å². The van der Waals surface area contributed by atoms with Crippen molar-refractivity contribution in [1.29, 1.82) is 0 Å². The molecule has 3 aromatic rings. The Bertz CT molecular complexity index is 1000. The van der Waals surface area contributed by atoms with Crippen molar-refractivity contribution in [3.63, 3.8) is 0 Å². The molecule has 0 atom stereocenters. The Kier molecular flexibility index (Phi) is 4.31. The fourth-order valence-corrected chi connectivity index (χ4v) is 3.41. The van der Waals surface area contributed by atoms with E-state index in [2.05, 4.69) is 10.1 Å². The van der Waals surface area contributed by atoms with Gasteiger partial charge >= 0.3 is 0 Å². The van der Waals surface area contributed by atoms with Gasteiger partial charge in [0.05, 0.1) is 17.2 Å². The first-order valence-electron chi connectivity index (χ1n) is 8.62. The van der Waals surface area contributed by atoms with E-state index in [1.807, 2.05) is 17.9 Å². The molecule has 0 radical (unpaired) electrons. The number of hydrogen-bond donors (Lipinski definition) is 0. The highest BCUT2D eigenvalue weighted by atomic mass is 19.1. The van der Waals surface area contributed by atoms with Crippen molar-refractivity contribution in [2.75, 3.05) is 11.4 Å². The van der Waals surface area contributed by atoms with E-state index in [1.54, 1.807) is 12.1 Å². The second-order valence-corrected chi connectivity index (χ2v) is 6.60. The Morgan fingerprint density at radius 3 is 2.81 bits per heavy atom. The van der Waals surface area contributed by atoms with E-state index in [-0.39, 0.29) is 11.5 Å². The highest BCUT2D eigenvalue weighted by Crippen LogP contribution is 2.32. The molecule has 0 unspecified atom stereocenters. The summed E-state index contributed by atoms with van der Waals surface area (Å²) in [5.74, 6) is 0.484. The summed E-state index contributed by atoms with van der Waals surface area (Å²) in [6.07, 6.45) is 1.78. The van der Waals surface area contributed by atoms with Crippen LogP contribution >= 0.6 is 0 Å². The molecule has 7 nitrogen and oxygen atoms in total. The number of nitro groups is 1. The number of rotatable bonds is 4. The number of aromatic nitrogens is 2. The number of hydrogen-bond acceptors (Lipinski definition) is 6. The van der Waals surface area contributed by atoms with Gasteiger partial charge in [-0.1, -0.05) is 11.2 Å². The van der Waals surface area contributed by atoms with Gasteiger partial charge in [-0.3, -0.25) is 10.1 Å². The third-order valence-corrected chi connectivity index (χ3v) is 4.61. The van der Waals surface area contributed by atoms with Crippen LogP contribution in [0.15, 0.2) is 40.9 Å². The van der Waals surface area contributed by atoms with E-state index < -0.39 is 4.92 Å². The van der Waals surface area contributed by atoms with E-state index in [9.17, 15) is 14.5 Å². The SMILES string of the molecule is Cc1cc(F)c2c(c1)CCCN2Cc1nc(-c2ccc([N+](=O)[O-])cc2)no1. The number of fused-ring (bicyclic) bond motifs is 1. The number of benzene rings is 2. The lowest BCUT2D eigenvalue weighted by atomic mass is 9.99. The van der Waals surface area contributed by atoms with Crippen LogP contribution in [-0.2, 0) is 13.0 Å². The maximum atomic E-state index is 14.5. The molecular formula is C19H17FN4O3. The van der Waals surface area contributed by atoms with Crippen LogP contribution in [0.3, 0.4) is 0 Å². The molecule has 0 spiro atoms. The first kappa shape index (κ1) is 17.1. The van der Waals surface area contributed by atoms with E-state index in [1.165, 1.54) is 18.2 Å². The maximum Gasteiger partial charge on any atom is 0.269 e. The zero-order chi connectivity index (χ0) is 19.0. The molecule has 8 heteroatoms. The van der Waals surface area contributed by atoms with Gasteiger partial charge < -0.3 is 9.42 Å². The molecule has 0 N–H and O–H groups in total. The van der Waals surface area contributed by atoms with Crippen molar-refractivity contribution in [2.24, 2.45) is 0 Å². The average Bonchev–Trinajstić information content (AvgIpc) is 3.10. The van der Waals surface area contributed by atoms with Crippen LogP contribution in [-0.4, -0.2) is 21.6 Å². The standard InChI is InChI=1S/C19H17FN4O3/c1-12-9-14-3-2-8-23(18(14)16(20)10-12)11-17-21-19(22-27-17)13-4-6-15(7-5-13)24(25)26/h4-7,9-10H,2-3,8,11H2,1H3. The van der Waals surface area contributed by atoms with E-state index in [4.69, 9.17) is 4.52 Å². The zero-order valence-corrected chi connectivity index (χ0v) is 14.7. The van der Waals surface area contributed by atoms with Crippen LogP contribution in [0.2, 0.25) is 0 Å². The summed E-state index contributed by atoms with van der Waals surface area (Å²) in [5.41, 5.74) is 3.12. The minimum Gasteiger partial charge on any atom is -0.360 e. The van der Waals surface area contributed by atoms with Crippen LogP contribution in [0.5, 0.6) is 0 Å². The van der Waals surface area contributed by atoms with Gasteiger partial charge in [0.25, 0.3) is 5.69 Å². The van der Waals surface area contributed by atoms with Crippen LogP contribution in [0.1, 0.15) is 23.4 Å². The van der Waals surface area contributed by atoms with Gasteiger partial charge in [-0.25, -0.2) is 4.39 Å². The van der Waals surface area contributed by atoms with Crippen LogP contribution in [0.25, 0.3) is 11.4 Å². The molecule has 0 aliphatic carbocycles. The van der Waals surface area contributed by atoms with Gasteiger partial charge in [0.2, 0.25) is 11.7 Å². The van der Waals surface area contributed by atoms with Crippen molar-refractivity contribution in [2.45, 2.75) is 26.3 Å². The Balaban J connectivity index is 1.56. The predicted octanol–water partition coefficient (Wildman–Crippen LogP) is 4.05. The lowest BCUT2D eigenvalue weighted by Crippen LogP contribution is -2.30. The third kappa shape index (κ3) is 3.38. The predicted molar refractivity (Wildman–Crippen MR) is 96.9 cm³/mol. The summed E-state index contributed by atoms with van der Waals surface area (Å²) in [6, 6.07) is 9.48. The molecule has 0 bridgehead atoms. The number of aryl methyl sites for hydroxylation is 2. The highest BCUT2D eigenvalue weighted by molar-refractivity contribution is 5.59. The van der Waals surface area contributed by atoms with Crippen LogP contribution < -0.4 is 4.90 Å². The first-order valence-corrected chi connectivity index (χ1v) is 8.62. The van der Waals surface area contributed by atoms with Gasteiger partial charge in [-0.15, -0.1) is 0 Å². The third-order valence-electron chi connectivity index (χ3n) is 4.61. The molecule has 1 aliphatic rings. The zero-order valence-electron chi connectivity index (χ0n) is 14.7. The fraction of sp³-hybridized carbons (Fsp3) is 0.263. The molecule has 2 aromatic carbocycles. The number of anilines is 1. The normalized spacial score (nSPS) is 13.5. The fourth-order valence-electron chi connectivity index (χ4n) is 3.41. The van der Waals surface area contributed by atoms with Gasteiger partial charge in [0.15, 0.2) is 0 Å². The Hall–Kier alpha value is -3.29. The highest BCUT2D eigenvalue weighted by Gasteiger charge is 2.23. The maximum absolute atomic E-state index is 14.5. The van der Waals surface area contributed by atoms with Crippen molar-refractivity contribution in [3.05, 3.63) is 69.3 Å². The molecule has 0 amide bonds. The molecule has 1 aromatic heterocycles. The van der Waals surface area contributed by atoms with Crippen LogP contribution in [0.4, 0.5) is 15.8 Å². The molecule has 27 heavy (non-hydrogen) atoms. The Morgan fingerprint density at radius 2 is 2.07 bits per heavy atom. The summed E-state index contributed by atoms with van der Waals surface area (Å²) >= 11 is 0. The van der Waals surface area contributed by atoms with Gasteiger partial charge in [0, 0.05) is 24.2 Å². The average molecular weight is 368 g/mol. The second kappa shape index (κ2) is 6.79. The van der Waals surface area contributed by atoms with Gasteiger partial charge in [-0.2, -0.15) is 4.98 Å². The number of nitrogens with zero attached hydrogens (tertiary/aromatic N) is 4. The minimum atomic E-state index is -0.463. The van der Waals surface area contributed by atoms with Crippen molar-refractivity contribution in [3.8, 4) is 11.4 Å². The Morgan fingerprint density at radius 1 is 1.30 bits per heavy atom. The molecule has 4 rings (SSSR count). The largest absolute Gasteiger partial charge is 0.360 e. The van der Waals surface area contributed by atoms with E-state index >= 15 is 0 Å². The summed E-state index contributed by atoms with van der Waals surface area (Å²) in [6.45, 7) is 2.91. The lowest BCUT2D eigenvalue weighted by molar-refractivity contribution is -0.384. The summed E-state index contributed by atoms with van der Waals surface area (Å²) in [4.78, 5) is 16.6. The van der Waals surface area contributed by atoms with Gasteiger partial charge in [-0.05, 0) is 49.1 Å². The molecule has 0 saturated heterocycles. The number of nitro benzene ring substituents is 1. The molecular weight excluding hydrogens is 351 g/mol. The summed E-state index contributed by atoms with van der Waals surface area (Å²) in [7, 11) is 0. The van der Waals surface area contributed by atoms with Gasteiger partial charge in [0.1, 0.15) is 5.82 Å². The second-order valence-electron chi connectivity index (χ2n) is 6.60. The molecule has 0 fully saturated rings. The smallest absolute Gasteiger partial charge is 0.269 e. The van der Waals surface area contributed by atoms with Crippen molar-refractivity contribution < 1.29 is 13.8 Å². The minimum absolute atomic E-state index is 0.00170. The number of non-ortho nitro benzene ring substituents is 1. The van der Waals surface area contributed by atoms with Crippen molar-refractivity contribution >= 4 is 11.4 Å². The Labute approximate surface area is 154 Å². The quantitative estimate of drug-likeness (QED) is 0.510.